The van der Waals surface area contributed by atoms with Crippen molar-refractivity contribution in [2.24, 2.45) is 0 Å². The largest absolute Gasteiger partial charge is 0.465 e. The summed E-state index contributed by atoms with van der Waals surface area (Å²) in [4.78, 5) is 25.0. The van der Waals surface area contributed by atoms with Gasteiger partial charge in [0.2, 0.25) is 0 Å². The van der Waals surface area contributed by atoms with Crippen molar-refractivity contribution in [2.75, 3.05) is 12.4 Å². The molecule has 0 atom stereocenters. The molecule has 0 unspecified atom stereocenters. The molecule has 1 aliphatic carbocycles. The highest BCUT2D eigenvalue weighted by atomic mass is 32.1. The van der Waals surface area contributed by atoms with Gasteiger partial charge in [-0.15, -0.1) is 11.3 Å². The van der Waals surface area contributed by atoms with Crippen LogP contribution in [0.25, 0.3) is 0 Å². The second-order valence-electron chi connectivity index (χ2n) is 7.06. The Bertz CT molecular complexity index is 611. The summed E-state index contributed by atoms with van der Waals surface area (Å²) in [6, 6.07) is 1.66. The Balaban J connectivity index is 2.28. The summed E-state index contributed by atoms with van der Waals surface area (Å²) in [6.07, 6.45) is 3.64. The third-order valence-electron chi connectivity index (χ3n) is 3.88. The Morgan fingerprint density at radius 2 is 1.88 bits per heavy atom. The Labute approximate surface area is 146 Å². The topological polar surface area (TPSA) is 84.9 Å². The van der Waals surface area contributed by atoms with Crippen LogP contribution in [0.1, 0.15) is 67.4 Å². The molecule has 0 bridgehead atoms. The number of amides is 1. The van der Waals surface area contributed by atoms with E-state index in [2.05, 4.69) is 5.32 Å². The van der Waals surface area contributed by atoms with Crippen molar-refractivity contribution >= 4 is 29.1 Å². The van der Waals surface area contributed by atoms with Crippen LogP contribution in [-0.4, -0.2) is 29.9 Å². The van der Waals surface area contributed by atoms with Crippen LogP contribution in [0.2, 0.25) is 0 Å². The van der Waals surface area contributed by atoms with E-state index in [1.807, 2.05) is 0 Å². The molecule has 0 aromatic carbocycles. The molecule has 1 aromatic rings. The first-order valence-electron chi connectivity index (χ1n) is 8.10. The van der Waals surface area contributed by atoms with Gasteiger partial charge < -0.3 is 14.6 Å². The van der Waals surface area contributed by atoms with Crippen molar-refractivity contribution in [3.63, 3.8) is 0 Å². The predicted molar refractivity (Wildman–Crippen MR) is 92.5 cm³/mol. The van der Waals surface area contributed by atoms with Gasteiger partial charge in [-0.25, -0.2) is 9.59 Å². The number of hydrogen-bond donors (Lipinski definition) is 2. The van der Waals surface area contributed by atoms with Crippen molar-refractivity contribution in [3.05, 3.63) is 15.8 Å². The number of carbonyl (C=O) groups is 2. The van der Waals surface area contributed by atoms with Crippen LogP contribution in [0.5, 0.6) is 0 Å². The van der Waals surface area contributed by atoms with Crippen LogP contribution < -0.4 is 5.32 Å². The molecule has 1 aromatic heterocycles. The smallest absolute Gasteiger partial charge is 0.412 e. The van der Waals surface area contributed by atoms with E-state index in [0.29, 0.717) is 23.4 Å². The first-order valence-corrected chi connectivity index (χ1v) is 8.91. The normalized spacial score (nSPS) is 17.2. The summed E-state index contributed by atoms with van der Waals surface area (Å²) in [7, 11) is 1.29. The van der Waals surface area contributed by atoms with E-state index in [0.717, 1.165) is 30.6 Å². The van der Waals surface area contributed by atoms with Crippen LogP contribution in [0.15, 0.2) is 6.07 Å². The zero-order valence-corrected chi connectivity index (χ0v) is 15.4. The lowest BCUT2D eigenvalue weighted by molar-refractivity contribution is 0.00283. The quantitative estimate of drug-likeness (QED) is 0.800. The minimum absolute atomic E-state index is 0.261. The number of anilines is 1. The van der Waals surface area contributed by atoms with Crippen molar-refractivity contribution in [1.82, 2.24) is 0 Å². The van der Waals surface area contributed by atoms with Gasteiger partial charge in [-0.3, -0.25) is 5.32 Å². The van der Waals surface area contributed by atoms with E-state index < -0.39 is 23.3 Å². The van der Waals surface area contributed by atoms with Crippen LogP contribution in [0.3, 0.4) is 0 Å². The monoisotopic (exact) mass is 355 g/mol. The summed E-state index contributed by atoms with van der Waals surface area (Å²) < 4.78 is 10.0. The van der Waals surface area contributed by atoms with E-state index in [1.54, 1.807) is 26.8 Å². The summed E-state index contributed by atoms with van der Waals surface area (Å²) in [5, 5.41) is 13.5. The van der Waals surface area contributed by atoms with E-state index in [9.17, 15) is 14.7 Å². The van der Waals surface area contributed by atoms with Gasteiger partial charge in [0, 0.05) is 4.88 Å². The maximum absolute atomic E-state index is 12.0. The van der Waals surface area contributed by atoms with Gasteiger partial charge in [-0.1, -0.05) is 19.3 Å². The molecule has 134 valence electrons. The van der Waals surface area contributed by atoms with E-state index >= 15 is 0 Å². The summed E-state index contributed by atoms with van der Waals surface area (Å²) in [5.74, 6) is -0.545. The summed E-state index contributed by atoms with van der Waals surface area (Å²) in [5.41, 5.74) is -1.27. The molecule has 0 radical (unpaired) electrons. The van der Waals surface area contributed by atoms with Crippen LogP contribution in [0.4, 0.5) is 10.5 Å². The summed E-state index contributed by atoms with van der Waals surface area (Å²) in [6.45, 7) is 5.28. The maximum atomic E-state index is 12.0. The maximum Gasteiger partial charge on any atom is 0.412 e. The van der Waals surface area contributed by atoms with Gasteiger partial charge >= 0.3 is 12.1 Å². The zero-order chi connectivity index (χ0) is 18.0. The number of hydrogen-bond acceptors (Lipinski definition) is 6. The van der Waals surface area contributed by atoms with Crippen molar-refractivity contribution in [2.45, 2.75) is 64.1 Å². The first kappa shape index (κ1) is 18.7. The fourth-order valence-corrected chi connectivity index (χ4v) is 3.93. The molecule has 1 amide bonds. The molecular weight excluding hydrogens is 330 g/mol. The van der Waals surface area contributed by atoms with Gasteiger partial charge in [-0.2, -0.15) is 0 Å². The lowest BCUT2D eigenvalue weighted by Crippen LogP contribution is -2.28. The SMILES string of the molecule is COC(=O)c1sc(C2(O)CCCCC2)cc1NC(=O)OC(C)(C)C. The molecule has 0 aliphatic heterocycles. The van der Waals surface area contributed by atoms with Crippen LogP contribution >= 0.6 is 11.3 Å². The highest BCUT2D eigenvalue weighted by Gasteiger charge is 2.35. The average molecular weight is 355 g/mol. The molecule has 7 heteroatoms. The highest BCUT2D eigenvalue weighted by Crippen LogP contribution is 2.43. The van der Waals surface area contributed by atoms with Crippen molar-refractivity contribution < 1.29 is 24.2 Å². The second-order valence-corrected chi connectivity index (χ2v) is 8.12. The highest BCUT2D eigenvalue weighted by molar-refractivity contribution is 7.14. The zero-order valence-electron chi connectivity index (χ0n) is 14.6. The van der Waals surface area contributed by atoms with E-state index in [-0.39, 0.29) is 4.88 Å². The minimum atomic E-state index is -0.945. The molecule has 1 heterocycles. The second kappa shape index (κ2) is 7.11. The number of thiophene rings is 1. The number of rotatable bonds is 3. The summed E-state index contributed by atoms with van der Waals surface area (Å²) >= 11 is 1.16. The number of methoxy groups -OCH3 is 1. The van der Waals surface area contributed by atoms with Gasteiger partial charge in [0.25, 0.3) is 0 Å². The van der Waals surface area contributed by atoms with Gasteiger partial charge in [0.05, 0.1) is 18.4 Å². The average Bonchev–Trinajstić information content (AvgIpc) is 2.89. The number of carbonyl (C=O) groups excluding carboxylic acids is 2. The molecule has 2 N–H and O–H groups in total. The Hall–Kier alpha value is -1.60. The molecule has 24 heavy (non-hydrogen) atoms. The van der Waals surface area contributed by atoms with E-state index in [1.165, 1.54) is 7.11 Å². The fraction of sp³-hybridized carbons (Fsp3) is 0.647. The molecule has 0 spiro atoms. The Morgan fingerprint density at radius 1 is 1.25 bits per heavy atom. The number of aliphatic hydroxyl groups is 1. The first-order chi connectivity index (χ1) is 11.1. The molecule has 1 aliphatic rings. The predicted octanol–water partition coefficient (Wildman–Crippen LogP) is 4.03. The lowest BCUT2D eigenvalue weighted by Gasteiger charge is -2.30. The molecule has 2 rings (SSSR count). The van der Waals surface area contributed by atoms with Gasteiger partial charge in [0.15, 0.2) is 0 Å². The number of esters is 1. The molecule has 1 saturated carbocycles. The van der Waals surface area contributed by atoms with Gasteiger partial charge in [0.1, 0.15) is 10.5 Å². The third-order valence-corrected chi connectivity index (χ3v) is 5.19. The van der Waals surface area contributed by atoms with Crippen LogP contribution in [0, 0.1) is 0 Å². The van der Waals surface area contributed by atoms with E-state index in [4.69, 9.17) is 9.47 Å². The number of nitrogens with one attached hydrogen (secondary N) is 1. The molecule has 6 nitrogen and oxygen atoms in total. The molecule has 1 fully saturated rings. The van der Waals surface area contributed by atoms with Gasteiger partial charge in [-0.05, 0) is 39.7 Å². The van der Waals surface area contributed by atoms with Crippen LogP contribution in [-0.2, 0) is 15.1 Å². The number of ether oxygens (including phenoxy) is 2. The molecular formula is C17H25NO5S. The Kier molecular flexibility index (Phi) is 5.55. The fourth-order valence-electron chi connectivity index (χ4n) is 2.75. The van der Waals surface area contributed by atoms with Crippen molar-refractivity contribution in [1.29, 1.82) is 0 Å². The Morgan fingerprint density at radius 3 is 2.42 bits per heavy atom. The lowest BCUT2D eigenvalue weighted by atomic mass is 9.84. The third kappa shape index (κ3) is 4.48. The molecule has 0 saturated heterocycles. The van der Waals surface area contributed by atoms with Crippen molar-refractivity contribution in [3.8, 4) is 0 Å². The minimum Gasteiger partial charge on any atom is -0.465 e. The standard InChI is InChI=1S/C17H25NO5S/c1-16(2,3)23-15(20)18-11-10-12(24-13(11)14(19)22-4)17(21)8-6-5-7-9-17/h10,21H,5-9H2,1-4H3,(H,18,20).